The van der Waals surface area contributed by atoms with E-state index in [2.05, 4.69) is 25.5 Å². The Labute approximate surface area is 141 Å². The number of rotatable bonds is 2. The Kier molecular flexibility index (Phi) is 4.00. The van der Waals surface area contributed by atoms with Crippen molar-refractivity contribution >= 4 is 50.2 Å². The van der Waals surface area contributed by atoms with Crippen LogP contribution in [0, 0.1) is 6.92 Å². The molecule has 0 fully saturated rings. The van der Waals surface area contributed by atoms with E-state index in [9.17, 15) is 0 Å². The summed E-state index contributed by atoms with van der Waals surface area (Å²) in [4.78, 5) is 4.66. The van der Waals surface area contributed by atoms with Crippen molar-refractivity contribution in [3.8, 4) is 5.69 Å². The molecule has 1 heterocycles. The van der Waals surface area contributed by atoms with E-state index in [4.69, 9.17) is 23.2 Å². The summed E-state index contributed by atoms with van der Waals surface area (Å²) in [5.74, 6) is 0.810. The van der Waals surface area contributed by atoms with Gasteiger partial charge in [-0.15, -0.1) is 11.6 Å². The Morgan fingerprint density at radius 2 is 1.95 bits per heavy atom. The van der Waals surface area contributed by atoms with Gasteiger partial charge in [0, 0.05) is 15.2 Å². The second-order valence-corrected chi connectivity index (χ2v) is 6.97. The Hall–Kier alpha value is -1.03. The van der Waals surface area contributed by atoms with Gasteiger partial charge in [0.2, 0.25) is 0 Å². The molecule has 0 aliphatic heterocycles. The average molecular weight is 384 g/mol. The molecule has 1 unspecified atom stereocenters. The molecular formula is C16H13BrCl2N2. The minimum Gasteiger partial charge on any atom is -0.295 e. The van der Waals surface area contributed by atoms with E-state index >= 15 is 0 Å². The summed E-state index contributed by atoms with van der Waals surface area (Å²) in [6, 6.07) is 12.0. The number of fused-ring (bicyclic) bond motifs is 1. The molecule has 5 heteroatoms. The largest absolute Gasteiger partial charge is 0.295 e. The van der Waals surface area contributed by atoms with Crippen LogP contribution in [0.1, 0.15) is 23.7 Å². The zero-order valence-electron chi connectivity index (χ0n) is 11.6. The number of imidazole rings is 1. The van der Waals surface area contributed by atoms with E-state index < -0.39 is 0 Å². The summed E-state index contributed by atoms with van der Waals surface area (Å²) in [7, 11) is 0. The molecule has 0 spiro atoms. The number of aryl methyl sites for hydroxylation is 1. The second-order valence-electron chi connectivity index (χ2n) is 4.99. The van der Waals surface area contributed by atoms with Crippen LogP contribution in [0.4, 0.5) is 0 Å². The van der Waals surface area contributed by atoms with Gasteiger partial charge in [0.25, 0.3) is 0 Å². The minimum absolute atomic E-state index is 0.198. The van der Waals surface area contributed by atoms with Crippen LogP contribution in [0.2, 0.25) is 5.02 Å². The third-order valence-electron chi connectivity index (χ3n) is 3.41. The van der Waals surface area contributed by atoms with Gasteiger partial charge in [0.05, 0.1) is 16.4 Å². The molecule has 0 N–H and O–H groups in total. The number of aromatic nitrogens is 2. The summed E-state index contributed by atoms with van der Waals surface area (Å²) in [5, 5.41) is 0.538. The standard InChI is InChI=1S/C16H13BrCl2N2/c1-9-3-5-12(8-13(9)19)21-15-6-4-11(17)7-14(15)20-16(21)10(2)18/h3-8,10H,1-2H3. The van der Waals surface area contributed by atoms with Crippen molar-refractivity contribution < 1.29 is 0 Å². The van der Waals surface area contributed by atoms with Gasteiger partial charge in [-0.2, -0.15) is 0 Å². The molecular weight excluding hydrogens is 371 g/mol. The molecule has 0 saturated carbocycles. The Morgan fingerprint density at radius 3 is 2.62 bits per heavy atom. The highest BCUT2D eigenvalue weighted by Gasteiger charge is 2.17. The first-order valence-electron chi connectivity index (χ1n) is 6.56. The maximum absolute atomic E-state index is 6.31. The third-order valence-corrected chi connectivity index (χ3v) is 4.51. The van der Waals surface area contributed by atoms with Crippen molar-refractivity contribution in [2.75, 3.05) is 0 Å². The van der Waals surface area contributed by atoms with Gasteiger partial charge in [-0.1, -0.05) is 33.6 Å². The predicted octanol–water partition coefficient (Wildman–Crippen LogP) is 6.05. The van der Waals surface area contributed by atoms with Gasteiger partial charge < -0.3 is 0 Å². The van der Waals surface area contributed by atoms with E-state index in [0.29, 0.717) is 0 Å². The summed E-state index contributed by atoms with van der Waals surface area (Å²) in [6.45, 7) is 3.91. The van der Waals surface area contributed by atoms with Crippen LogP contribution in [0.15, 0.2) is 40.9 Å². The molecule has 21 heavy (non-hydrogen) atoms. The lowest BCUT2D eigenvalue weighted by molar-refractivity contribution is 0.882. The van der Waals surface area contributed by atoms with Gasteiger partial charge in [-0.05, 0) is 49.7 Å². The lowest BCUT2D eigenvalue weighted by Crippen LogP contribution is -2.02. The number of halogens is 3. The lowest BCUT2D eigenvalue weighted by atomic mass is 10.2. The van der Waals surface area contributed by atoms with E-state index in [-0.39, 0.29) is 5.38 Å². The van der Waals surface area contributed by atoms with Crippen LogP contribution >= 0.6 is 39.1 Å². The topological polar surface area (TPSA) is 17.8 Å². The highest BCUT2D eigenvalue weighted by Crippen LogP contribution is 2.31. The van der Waals surface area contributed by atoms with Crippen molar-refractivity contribution in [2.24, 2.45) is 0 Å². The normalized spacial score (nSPS) is 12.8. The highest BCUT2D eigenvalue weighted by molar-refractivity contribution is 9.10. The molecule has 3 rings (SSSR count). The molecule has 0 aliphatic rings. The molecule has 0 amide bonds. The Balaban J connectivity index is 2.33. The zero-order valence-corrected chi connectivity index (χ0v) is 14.7. The fourth-order valence-corrected chi connectivity index (χ4v) is 3.00. The molecule has 2 aromatic carbocycles. The number of alkyl halides is 1. The molecule has 0 saturated heterocycles. The minimum atomic E-state index is -0.198. The molecule has 2 nitrogen and oxygen atoms in total. The van der Waals surface area contributed by atoms with Crippen LogP contribution < -0.4 is 0 Å². The zero-order chi connectivity index (χ0) is 15.1. The first kappa shape index (κ1) is 14.9. The number of hydrogen-bond donors (Lipinski definition) is 0. The van der Waals surface area contributed by atoms with Crippen LogP contribution in [0.3, 0.4) is 0 Å². The number of nitrogens with zero attached hydrogens (tertiary/aromatic N) is 2. The fourth-order valence-electron chi connectivity index (χ4n) is 2.33. The quantitative estimate of drug-likeness (QED) is 0.492. The highest BCUT2D eigenvalue weighted by atomic mass is 79.9. The van der Waals surface area contributed by atoms with Crippen LogP contribution in [-0.4, -0.2) is 9.55 Å². The van der Waals surface area contributed by atoms with Crippen molar-refractivity contribution in [3.63, 3.8) is 0 Å². The van der Waals surface area contributed by atoms with Crippen molar-refractivity contribution in [3.05, 3.63) is 57.3 Å². The third kappa shape index (κ3) is 2.70. The van der Waals surface area contributed by atoms with Crippen molar-refractivity contribution in [1.82, 2.24) is 9.55 Å². The van der Waals surface area contributed by atoms with Gasteiger partial charge >= 0.3 is 0 Å². The van der Waals surface area contributed by atoms with Gasteiger partial charge in [-0.25, -0.2) is 4.98 Å². The van der Waals surface area contributed by atoms with Crippen molar-refractivity contribution in [1.29, 1.82) is 0 Å². The monoisotopic (exact) mass is 382 g/mol. The van der Waals surface area contributed by atoms with Crippen LogP contribution in [0.5, 0.6) is 0 Å². The first-order valence-corrected chi connectivity index (χ1v) is 8.16. The molecule has 1 atom stereocenters. The van der Waals surface area contributed by atoms with Gasteiger partial charge in [0.1, 0.15) is 5.82 Å². The lowest BCUT2D eigenvalue weighted by Gasteiger charge is -2.12. The Morgan fingerprint density at radius 1 is 1.19 bits per heavy atom. The van der Waals surface area contributed by atoms with Crippen LogP contribution in [0.25, 0.3) is 16.7 Å². The predicted molar refractivity (Wildman–Crippen MR) is 92.8 cm³/mol. The summed E-state index contributed by atoms with van der Waals surface area (Å²) in [5.41, 5.74) is 3.94. The first-order chi connectivity index (χ1) is 9.97. The number of hydrogen-bond acceptors (Lipinski definition) is 1. The second kappa shape index (κ2) is 5.64. The maximum atomic E-state index is 6.31. The molecule has 0 radical (unpaired) electrons. The molecule has 108 valence electrons. The smallest absolute Gasteiger partial charge is 0.132 e. The maximum Gasteiger partial charge on any atom is 0.132 e. The number of benzene rings is 2. The average Bonchev–Trinajstić information content (AvgIpc) is 2.80. The van der Waals surface area contributed by atoms with Crippen LogP contribution in [-0.2, 0) is 0 Å². The van der Waals surface area contributed by atoms with Gasteiger partial charge in [-0.3, -0.25) is 4.57 Å². The van der Waals surface area contributed by atoms with E-state index in [0.717, 1.165) is 37.6 Å². The summed E-state index contributed by atoms with van der Waals surface area (Å²) >= 11 is 16.1. The Bertz CT molecular complexity index is 825. The fraction of sp³-hybridized carbons (Fsp3) is 0.188. The van der Waals surface area contributed by atoms with E-state index in [1.165, 1.54) is 0 Å². The molecule has 0 bridgehead atoms. The van der Waals surface area contributed by atoms with Gasteiger partial charge in [0.15, 0.2) is 0 Å². The van der Waals surface area contributed by atoms with E-state index in [1.807, 2.05) is 50.2 Å². The SMILES string of the molecule is Cc1ccc(-n2c(C(C)Cl)nc3cc(Br)ccc32)cc1Cl. The van der Waals surface area contributed by atoms with Crippen molar-refractivity contribution in [2.45, 2.75) is 19.2 Å². The molecule has 3 aromatic rings. The summed E-state index contributed by atoms with van der Waals surface area (Å²) < 4.78 is 3.06. The summed E-state index contributed by atoms with van der Waals surface area (Å²) in [6.07, 6.45) is 0. The molecule has 0 aliphatic carbocycles. The van der Waals surface area contributed by atoms with E-state index in [1.54, 1.807) is 0 Å². The molecule has 1 aromatic heterocycles.